The van der Waals surface area contributed by atoms with Gasteiger partial charge in [0.25, 0.3) is 0 Å². The van der Waals surface area contributed by atoms with Crippen molar-refractivity contribution in [1.82, 2.24) is 5.32 Å². The second kappa shape index (κ2) is 7.46. The maximum absolute atomic E-state index is 12.6. The van der Waals surface area contributed by atoms with Gasteiger partial charge in [-0.1, -0.05) is 31.9 Å². The summed E-state index contributed by atoms with van der Waals surface area (Å²) < 4.78 is 11.2. The Labute approximate surface area is 162 Å². The molecule has 0 radical (unpaired) electrons. The smallest absolute Gasteiger partial charge is 0.311 e. The number of nitrogens with one attached hydrogen (secondary N) is 1. The molecule has 1 aromatic rings. The maximum Gasteiger partial charge on any atom is 0.311 e. The molecule has 1 N–H and O–H groups in total. The van der Waals surface area contributed by atoms with Gasteiger partial charge < -0.3 is 14.5 Å². The third kappa shape index (κ3) is 3.73. The minimum Gasteiger partial charge on any atom is -0.469 e. The topological polar surface area (TPSA) is 51.5 Å². The van der Waals surface area contributed by atoms with Gasteiger partial charge in [0.15, 0.2) is 0 Å². The van der Waals surface area contributed by atoms with Gasteiger partial charge in [0.1, 0.15) is 11.9 Å². The van der Waals surface area contributed by atoms with Crippen LogP contribution < -0.4 is 5.32 Å². The molecule has 0 amide bonds. The largest absolute Gasteiger partial charge is 0.469 e. The molecule has 27 heavy (non-hydrogen) atoms. The van der Waals surface area contributed by atoms with Crippen LogP contribution in [0.4, 0.5) is 0 Å². The van der Waals surface area contributed by atoms with E-state index in [1.54, 1.807) is 11.8 Å². The molecule has 2 aliphatic carbocycles. The number of ether oxygens (including phenoxy) is 1. The van der Waals surface area contributed by atoms with Gasteiger partial charge in [-0.15, -0.1) is 0 Å². The molecular weight excluding hydrogens is 338 g/mol. The van der Waals surface area contributed by atoms with Crippen LogP contribution >= 0.6 is 0 Å². The molecular formula is C23H33NO3. The van der Waals surface area contributed by atoms with E-state index in [4.69, 9.17) is 9.15 Å². The summed E-state index contributed by atoms with van der Waals surface area (Å²) in [7, 11) is 0. The van der Waals surface area contributed by atoms with E-state index in [0.717, 1.165) is 25.0 Å². The molecule has 0 spiro atoms. The Morgan fingerprint density at radius 1 is 1.41 bits per heavy atom. The maximum atomic E-state index is 12.6. The Balaban J connectivity index is 1.39. The van der Waals surface area contributed by atoms with Crippen molar-refractivity contribution in [3.05, 3.63) is 35.8 Å². The van der Waals surface area contributed by atoms with Crippen molar-refractivity contribution < 1.29 is 13.9 Å². The van der Waals surface area contributed by atoms with Gasteiger partial charge in [0, 0.05) is 24.9 Å². The van der Waals surface area contributed by atoms with E-state index in [9.17, 15) is 4.79 Å². The number of furan rings is 1. The highest BCUT2D eigenvalue weighted by molar-refractivity contribution is 5.76. The zero-order valence-electron chi connectivity index (χ0n) is 16.9. The lowest BCUT2D eigenvalue weighted by Crippen LogP contribution is -2.41. The Kier molecular flexibility index (Phi) is 5.19. The SMILES string of the molecule is C[C@@H](CCc1ccco1)NC[C@H]1C(=O)O[C@@H]2C[C@]3(C)CCC[C@H](C)C3=C[C@H]21. The molecule has 1 saturated heterocycles. The van der Waals surface area contributed by atoms with Crippen LogP contribution in [0.5, 0.6) is 0 Å². The molecule has 3 aliphatic rings. The van der Waals surface area contributed by atoms with Crippen LogP contribution in [0.1, 0.15) is 58.6 Å². The Morgan fingerprint density at radius 2 is 2.26 bits per heavy atom. The van der Waals surface area contributed by atoms with Crippen LogP contribution in [0.15, 0.2) is 34.5 Å². The molecule has 0 unspecified atom stereocenters. The first-order chi connectivity index (χ1) is 13.0. The average molecular weight is 372 g/mol. The van der Waals surface area contributed by atoms with E-state index in [1.165, 1.54) is 19.3 Å². The molecule has 0 bridgehead atoms. The molecule has 148 valence electrons. The van der Waals surface area contributed by atoms with E-state index in [2.05, 4.69) is 32.2 Å². The quantitative estimate of drug-likeness (QED) is 0.591. The Hall–Kier alpha value is -1.55. The number of aryl methyl sites for hydroxylation is 1. The second-order valence-electron chi connectivity index (χ2n) is 9.27. The summed E-state index contributed by atoms with van der Waals surface area (Å²) in [6, 6.07) is 4.29. The molecule has 2 fully saturated rings. The summed E-state index contributed by atoms with van der Waals surface area (Å²) in [4.78, 5) is 12.6. The molecule has 6 atom stereocenters. The number of fused-ring (bicyclic) bond motifs is 2. The molecule has 1 saturated carbocycles. The van der Waals surface area contributed by atoms with Crippen LogP contribution in [0.3, 0.4) is 0 Å². The fourth-order valence-electron chi connectivity index (χ4n) is 5.53. The van der Waals surface area contributed by atoms with Gasteiger partial charge in [-0.3, -0.25) is 4.79 Å². The third-order valence-electron chi connectivity index (χ3n) is 7.17. The summed E-state index contributed by atoms with van der Waals surface area (Å²) in [5, 5.41) is 3.57. The van der Waals surface area contributed by atoms with E-state index < -0.39 is 0 Å². The zero-order chi connectivity index (χ0) is 19.0. The molecule has 1 aliphatic heterocycles. The van der Waals surface area contributed by atoms with Crippen molar-refractivity contribution in [3.63, 3.8) is 0 Å². The first-order valence-corrected chi connectivity index (χ1v) is 10.6. The van der Waals surface area contributed by atoms with Gasteiger partial charge in [-0.05, 0) is 56.1 Å². The van der Waals surface area contributed by atoms with E-state index in [0.29, 0.717) is 18.5 Å². The van der Waals surface area contributed by atoms with Crippen LogP contribution in [-0.2, 0) is 16.0 Å². The molecule has 2 heterocycles. The number of allylic oxidation sites excluding steroid dienone is 1. The lowest BCUT2D eigenvalue weighted by molar-refractivity contribution is -0.145. The van der Waals surface area contributed by atoms with E-state index in [1.807, 2.05) is 12.1 Å². The highest BCUT2D eigenvalue weighted by Crippen LogP contribution is 2.53. The first-order valence-electron chi connectivity index (χ1n) is 10.6. The van der Waals surface area contributed by atoms with Crippen LogP contribution in [-0.4, -0.2) is 24.7 Å². The highest BCUT2D eigenvalue weighted by atomic mass is 16.6. The minimum atomic E-state index is -0.0489. The summed E-state index contributed by atoms with van der Waals surface area (Å²) in [6.07, 6.45) is 10.9. The molecule has 4 heteroatoms. The summed E-state index contributed by atoms with van der Waals surface area (Å²) in [6.45, 7) is 7.61. The number of carbonyl (C=O) groups excluding carboxylic acids is 1. The monoisotopic (exact) mass is 371 g/mol. The van der Waals surface area contributed by atoms with Crippen molar-refractivity contribution >= 4 is 5.97 Å². The van der Waals surface area contributed by atoms with Gasteiger partial charge in [0.2, 0.25) is 0 Å². The number of carbonyl (C=O) groups is 1. The number of esters is 1. The number of rotatable bonds is 6. The lowest BCUT2D eigenvalue weighted by Gasteiger charge is -2.46. The first kappa shape index (κ1) is 18.8. The van der Waals surface area contributed by atoms with Crippen molar-refractivity contribution in [2.45, 2.75) is 71.4 Å². The van der Waals surface area contributed by atoms with Gasteiger partial charge in [0.05, 0.1) is 12.2 Å². The van der Waals surface area contributed by atoms with Crippen LogP contribution in [0.25, 0.3) is 0 Å². The standard InChI is InChI=1S/C23H33NO3/c1-15-6-4-10-23(3)13-21-18(12-20(15)23)19(22(25)27-21)14-24-16(2)8-9-17-7-5-11-26-17/h5,7,11-12,15-16,18-19,21,24H,4,6,8-10,13-14H2,1-3H3/t15-,16-,18-,19+,21+,23-/m0/s1. The lowest BCUT2D eigenvalue weighted by atomic mass is 9.59. The fourth-order valence-corrected chi connectivity index (χ4v) is 5.53. The van der Waals surface area contributed by atoms with E-state index in [-0.39, 0.29) is 29.3 Å². The zero-order valence-corrected chi connectivity index (χ0v) is 16.9. The van der Waals surface area contributed by atoms with Gasteiger partial charge in [-0.2, -0.15) is 0 Å². The summed E-state index contributed by atoms with van der Waals surface area (Å²) >= 11 is 0. The van der Waals surface area contributed by atoms with Gasteiger partial charge >= 0.3 is 5.97 Å². The van der Waals surface area contributed by atoms with Crippen molar-refractivity contribution in [3.8, 4) is 0 Å². The predicted molar refractivity (Wildman–Crippen MR) is 105 cm³/mol. The van der Waals surface area contributed by atoms with E-state index >= 15 is 0 Å². The minimum absolute atomic E-state index is 0.0116. The summed E-state index contributed by atoms with van der Waals surface area (Å²) in [5.41, 5.74) is 1.82. The van der Waals surface area contributed by atoms with Crippen LogP contribution in [0.2, 0.25) is 0 Å². The normalized spacial score (nSPS) is 36.6. The second-order valence-corrected chi connectivity index (χ2v) is 9.27. The van der Waals surface area contributed by atoms with Crippen LogP contribution in [0, 0.1) is 23.2 Å². The van der Waals surface area contributed by atoms with Crippen molar-refractivity contribution in [2.24, 2.45) is 23.2 Å². The molecule has 4 nitrogen and oxygen atoms in total. The molecule has 1 aromatic heterocycles. The highest BCUT2D eigenvalue weighted by Gasteiger charge is 2.51. The van der Waals surface area contributed by atoms with Crippen molar-refractivity contribution in [1.29, 1.82) is 0 Å². The Bertz CT molecular complexity index is 694. The molecule has 4 rings (SSSR count). The summed E-state index contributed by atoms with van der Waals surface area (Å²) in [5.74, 6) is 1.84. The number of hydrogen-bond acceptors (Lipinski definition) is 4. The number of hydrogen-bond donors (Lipinski definition) is 1. The third-order valence-corrected chi connectivity index (χ3v) is 7.17. The fraction of sp³-hybridized carbons (Fsp3) is 0.696. The average Bonchev–Trinajstić information content (AvgIpc) is 3.23. The predicted octanol–water partition coefficient (Wildman–Crippen LogP) is 4.50. The van der Waals surface area contributed by atoms with Gasteiger partial charge in [-0.25, -0.2) is 0 Å². The Morgan fingerprint density at radius 3 is 3.04 bits per heavy atom. The molecule has 0 aromatic carbocycles. The van der Waals surface area contributed by atoms with Crippen molar-refractivity contribution in [2.75, 3.05) is 6.54 Å².